The molecule has 0 bridgehead atoms. The Hall–Kier alpha value is -1.82. The van der Waals surface area contributed by atoms with Crippen molar-refractivity contribution in [3.8, 4) is 22.8 Å². The van der Waals surface area contributed by atoms with Crippen LogP contribution in [0.1, 0.15) is 5.69 Å². The Bertz CT molecular complexity index is 597. The second-order valence-electron chi connectivity index (χ2n) is 3.92. The van der Waals surface area contributed by atoms with E-state index in [0.29, 0.717) is 17.2 Å². The number of ether oxygens (including phenoxy) is 2. The number of nitrogens with two attached hydrogens (primary N) is 1. The molecular weight excluding hydrogens is 310 g/mol. The largest absolute Gasteiger partial charge is 0.495 e. The Kier molecular flexibility index (Phi) is 3.90. The van der Waals surface area contributed by atoms with Crippen LogP contribution in [0.5, 0.6) is 11.5 Å². The van der Waals surface area contributed by atoms with Crippen molar-refractivity contribution in [1.29, 1.82) is 0 Å². The summed E-state index contributed by atoms with van der Waals surface area (Å²) in [7, 11) is 3.20. The number of hydrogen-bond acceptors (Lipinski definition) is 5. The topological polar surface area (TPSA) is 70.3 Å². The van der Waals surface area contributed by atoms with Gasteiger partial charge in [0.05, 0.1) is 19.9 Å². The second-order valence-corrected chi connectivity index (χ2v) is 4.71. The number of aryl methyl sites for hydroxylation is 1. The molecule has 1 heterocycles. The third kappa shape index (κ3) is 2.63. The van der Waals surface area contributed by atoms with Crippen molar-refractivity contribution in [1.82, 2.24) is 9.97 Å². The number of benzene rings is 1. The van der Waals surface area contributed by atoms with E-state index in [4.69, 9.17) is 15.2 Å². The zero-order valence-corrected chi connectivity index (χ0v) is 12.5. The maximum absolute atomic E-state index is 5.68. The predicted octanol–water partition coefficient (Wildman–Crippen LogP) is 2.81. The van der Waals surface area contributed by atoms with Crippen LogP contribution in [-0.2, 0) is 0 Å². The summed E-state index contributed by atoms with van der Waals surface area (Å²) in [5.74, 6) is 1.58. The minimum Gasteiger partial charge on any atom is -0.495 e. The highest BCUT2D eigenvalue weighted by atomic mass is 79.9. The SMILES string of the molecule is COc1ccc(-c2cc(C)nc(N)n2)c(OC)c1Br. The quantitative estimate of drug-likeness (QED) is 0.940. The lowest BCUT2D eigenvalue weighted by Crippen LogP contribution is -2.00. The molecule has 0 aliphatic carbocycles. The van der Waals surface area contributed by atoms with Gasteiger partial charge in [-0.3, -0.25) is 0 Å². The molecule has 0 aliphatic rings. The predicted molar refractivity (Wildman–Crippen MR) is 77.4 cm³/mol. The molecule has 0 saturated carbocycles. The summed E-state index contributed by atoms with van der Waals surface area (Å²) in [4.78, 5) is 8.30. The second kappa shape index (κ2) is 5.44. The van der Waals surface area contributed by atoms with Gasteiger partial charge in [0, 0.05) is 11.3 Å². The average molecular weight is 324 g/mol. The molecule has 0 aliphatic heterocycles. The van der Waals surface area contributed by atoms with E-state index in [1.54, 1.807) is 14.2 Å². The van der Waals surface area contributed by atoms with Gasteiger partial charge in [-0.25, -0.2) is 9.97 Å². The number of halogens is 1. The molecule has 0 spiro atoms. The maximum Gasteiger partial charge on any atom is 0.220 e. The number of nitrogen functional groups attached to an aromatic ring is 1. The minimum atomic E-state index is 0.240. The summed E-state index contributed by atoms with van der Waals surface area (Å²) >= 11 is 3.46. The molecule has 2 N–H and O–H groups in total. The summed E-state index contributed by atoms with van der Waals surface area (Å²) in [6, 6.07) is 5.58. The van der Waals surface area contributed by atoms with Crippen molar-refractivity contribution in [3.63, 3.8) is 0 Å². The van der Waals surface area contributed by atoms with Crippen LogP contribution in [0.4, 0.5) is 5.95 Å². The van der Waals surface area contributed by atoms with E-state index < -0.39 is 0 Å². The molecule has 0 amide bonds. The van der Waals surface area contributed by atoms with E-state index in [-0.39, 0.29) is 5.95 Å². The van der Waals surface area contributed by atoms with E-state index in [1.807, 2.05) is 25.1 Å². The molecule has 0 fully saturated rings. The first kappa shape index (κ1) is 13.6. The van der Waals surface area contributed by atoms with Gasteiger partial charge in [-0.15, -0.1) is 0 Å². The molecule has 1 aromatic carbocycles. The summed E-state index contributed by atoms with van der Waals surface area (Å²) < 4.78 is 11.4. The van der Waals surface area contributed by atoms with Gasteiger partial charge < -0.3 is 15.2 Å². The molecule has 0 saturated heterocycles. The number of anilines is 1. The fourth-order valence-electron chi connectivity index (χ4n) is 1.83. The van der Waals surface area contributed by atoms with Crippen molar-refractivity contribution in [3.05, 3.63) is 28.4 Å². The zero-order valence-electron chi connectivity index (χ0n) is 10.9. The Labute approximate surface area is 119 Å². The Balaban J connectivity index is 2.65. The Morgan fingerprint density at radius 1 is 1.16 bits per heavy atom. The fourth-order valence-corrected chi connectivity index (χ4v) is 2.50. The van der Waals surface area contributed by atoms with E-state index in [0.717, 1.165) is 15.7 Å². The van der Waals surface area contributed by atoms with Crippen LogP contribution >= 0.6 is 15.9 Å². The first-order chi connectivity index (χ1) is 9.06. The fraction of sp³-hybridized carbons (Fsp3) is 0.231. The number of aromatic nitrogens is 2. The molecule has 1 aromatic heterocycles. The van der Waals surface area contributed by atoms with Crippen LogP contribution in [0, 0.1) is 6.92 Å². The summed E-state index contributed by atoms with van der Waals surface area (Å²) in [5.41, 5.74) is 8.02. The number of methoxy groups -OCH3 is 2. The highest BCUT2D eigenvalue weighted by Crippen LogP contribution is 2.41. The zero-order chi connectivity index (χ0) is 14.0. The number of nitrogens with zero attached hydrogens (tertiary/aromatic N) is 2. The molecule has 2 rings (SSSR count). The van der Waals surface area contributed by atoms with Gasteiger partial charge in [0.25, 0.3) is 0 Å². The molecule has 0 unspecified atom stereocenters. The summed E-state index contributed by atoms with van der Waals surface area (Å²) in [5, 5.41) is 0. The Morgan fingerprint density at radius 3 is 2.47 bits per heavy atom. The van der Waals surface area contributed by atoms with Gasteiger partial charge in [0.2, 0.25) is 5.95 Å². The van der Waals surface area contributed by atoms with Crippen LogP contribution in [0.15, 0.2) is 22.7 Å². The number of hydrogen-bond donors (Lipinski definition) is 1. The average Bonchev–Trinajstić information content (AvgIpc) is 2.37. The Morgan fingerprint density at radius 2 is 1.89 bits per heavy atom. The lowest BCUT2D eigenvalue weighted by Gasteiger charge is -2.13. The molecule has 6 heteroatoms. The molecule has 0 radical (unpaired) electrons. The third-order valence-electron chi connectivity index (χ3n) is 2.63. The monoisotopic (exact) mass is 323 g/mol. The first-order valence-corrected chi connectivity index (χ1v) is 6.38. The summed E-state index contributed by atoms with van der Waals surface area (Å²) in [6.45, 7) is 1.87. The van der Waals surface area contributed by atoms with Crippen molar-refractivity contribution in [2.75, 3.05) is 20.0 Å². The molecular formula is C13H14BrN3O2. The minimum absolute atomic E-state index is 0.240. The van der Waals surface area contributed by atoms with Crippen molar-refractivity contribution >= 4 is 21.9 Å². The van der Waals surface area contributed by atoms with Gasteiger partial charge in [0.15, 0.2) is 0 Å². The van der Waals surface area contributed by atoms with Gasteiger partial charge in [-0.05, 0) is 41.1 Å². The standard InChI is InChI=1S/C13H14BrN3O2/c1-7-6-9(17-13(15)16-7)8-4-5-10(18-2)11(14)12(8)19-3/h4-6H,1-3H3,(H2,15,16,17). The van der Waals surface area contributed by atoms with Gasteiger partial charge >= 0.3 is 0 Å². The van der Waals surface area contributed by atoms with Crippen LogP contribution in [-0.4, -0.2) is 24.2 Å². The van der Waals surface area contributed by atoms with E-state index >= 15 is 0 Å². The smallest absolute Gasteiger partial charge is 0.220 e. The molecule has 0 atom stereocenters. The lowest BCUT2D eigenvalue weighted by atomic mass is 10.1. The maximum atomic E-state index is 5.68. The molecule has 19 heavy (non-hydrogen) atoms. The van der Waals surface area contributed by atoms with Gasteiger partial charge in [0.1, 0.15) is 16.0 Å². The summed E-state index contributed by atoms with van der Waals surface area (Å²) in [6.07, 6.45) is 0. The lowest BCUT2D eigenvalue weighted by molar-refractivity contribution is 0.390. The van der Waals surface area contributed by atoms with E-state index in [9.17, 15) is 0 Å². The molecule has 100 valence electrons. The van der Waals surface area contributed by atoms with E-state index in [1.165, 1.54) is 0 Å². The third-order valence-corrected chi connectivity index (χ3v) is 3.38. The van der Waals surface area contributed by atoms with Gasteiger partial charge in [-0.1, -0.05) is 0 Å². The van der Waals surface area contributed by atoms with Crippen LogP contribution in [0.3, 0.4) is 0 Å². The first-order valence-electron chi connectivity index (χ1n) is 5.58. The van der Waals surface area contributed by atoms with Crippen molar-refractivity contribution in [2.45, 2.75) is 6.92 Å². The van der Waals surface area contributed by atoms with Gasteiger partial charge in [-0.2, -0.15) is 0 Å². The number of rotatable bonds is 3. The van der Waals surface area contributed by atoms with Crippen LogP contribution in [0.25, 0.3) is 11.3 Å². The van der Waals surface area contributed by atoms with Crippen molar-refractivity contribution in [2.24, 2.45) is 0 Å². The van der Waals surface area contributed by atoms with Crippen molar-refractivity contribution < 1.29 is 9.47 Å². The van der Waals surface area contributed by atoms with Crippen LogP contribution in [0.2, 0.25) is 0 Å². The normalized spacial score (nSPS) is 10.3. The molecule has 5 nitrogen and oxygen atoms in total. The van der Waals surface area contributed by atoms with Crippen LogP contribution < -0.4 is 15.2 Å². The molecule has 2 aromatic rings. The highest BCUT2D eigenvalue weighted by molar-refractivity contribution is 9.10. The van der Waals surface area contributed by atoms with E-state index in [2.05, 4.69) is 25.9 Å². The highest BCUT2D eigenvalue weighted by Gasteiger charge is 2.15.